The van der Waals surface area contributed by atoms with Crippen LogP contribution in [0.4, 0.5) is 11.4 Å². The minimum atomic E-state index is -0.183. The molecule has 3 rings (SSSR count). The highest BCUT2D eigenvalue weighted by Crippen LogP contribution is 2.31. The number of carbonyl (C=O) groups excluding carboxylic acids is 2. The second kappa shape index (κ2) is 13.1. The van der Waals surface area contributed by atoms with E-state index < -0.39 is 0 Å². The van der Waals surface area contributed by atoms with E-state index in [-0.39, 0.29) is 32.3 Å². The van der Waals surface area contributed by atoms with Crippen molar-refractivity contribution in [2.75, 3.05) is 31.6 Å². The molecule has 0 saturated carbocycles. The quantitative estimate of drug-likeness (QED) is 0.358. The van der Waals surface area contributed by atoms with Crippen LogP contribution < -0.4 is 10.2 Å². The van der Waals surface area contributed by atoms with E-state index in [1.165, 1.54) is 11.1 Å². The molecule has 1 heterocycles. The lowest BCUT2D eigenvalue weighted by Gasteiger charge is -2.31. The first-order valence-corrected chi connectivity index (χ1v) is 11.9. The summed E-state index contributed by atoms with van der Waals surface area (Å²) in [6.07, 6.45) is 1.93. The molecule has 0 bridgehead atoms. The van der Waals surface area contributed by atoms with Crippen molar-refractivity contribution in [3.63, 3.8) is 0 Å². The van der Waals surface area contributed by atoms with Gasteiger partial charge in [-0.25, -0.2) is 9.85 Å². The van der Waals surface area contributed by atoms with E-state index in [0.717, 1.165) is 12.8 Å². The highest BCUT2D eigenvalue weighted by atomic mass is 35.5. The average Bonchev–Trinajstić information content (AvgIpc) is 3.25. The molecule has 1 aliphatic rings. The summed E-state index contributed by atoms with van der Waals surface area (Å²) in [5, 5.41) is 6.92. The molecule has 1 aliphatic heterocycles. The van der Waals surface area contributed by atoms with Crippen LogP contribution in [0.5, 0.6) is 0 Å². The predicted molar refractivity (Wildman–Crippen MR) is 142 cm³/mol. The molecule has 0 aromatic heterocycles. The molecular weight excluding hydrogens is 462 g/mol. The monoisotopic (exact) mass is 497 g/mol. The number of carbonyl (C=O) groups is 2. The lowest BCUT2D eigenvalue weighted by molar-refractivity contribution is -0.145. The van der Waals surface area contributed by atoms with Gasteiger partial charge in [0.2, 0.25) is 5.91 Å². The molecule has 0 fully saturated rings. The topological polar surface area (TPSA) is 60.3 Å². The van der Waals surface area contributed by atoms with Crippen molar-refractivity contribution in [1.82, 2.24) is 15.3 Å². The maximum Gasteiger partial charge on any atom is 0.256 e. The van der Waals surface area contributed by atoms with E-state index in [2.05, 4.69) is 36.1 Å². The van der Waals surface area contributed by atoms with E-state index in [1.807, 2.05) is 17.1 Å². The largest absolute Gasteiger partial charge is 0.355 e. The van der Waals surface area contributed by atoms with Gasteiger partial charge in [-0.1, -0.05) is 69.3 Å². The number of fused-ring (bicyclic) bond motifs is 1. The van der Waals surface area contributed by atoms with Crippen LogP contribution in [0.15, 0.2) is 42.5 Å². The van der Waals surface area contributed by atoms with Crippen LogP contribution >= 0.6 is 11.6 Å². The lowest BCUT2D eigenvalue weighted by atomic mass is 10.1. The fourth-order valence-corrected chi connectivity index (χ4v) is 4.19. The Labute approximate surface area is 214 Å². The second-order valence-corrected chi connectivity index (χ2v) is 9.41. The summed E-state index contributed by atoms with van der Waals surface area (Å²) in [6, 6.07) is 13.0. The van der Waals surface area contributed by atoms with Gasteiger partial charge in [0, 0.05) is 32.4 Å². The molecule has 1 N–H and O–H groups in total. The van der Waals surface area contributed by atoms with E-state index in [0.29, 0.717) is 41.9 Å². The van der Waals surface area contributed by atoms with Crippen molar-refractivity contribution in [1.29, 1.82) is 0 Å². The Kier molecular flexibility index (Phi) is 10.6. The number of nitrogens with zero attached hydrogens (tertiary/aromatic N) is 4. The predicted octanol–water partition coefficient (Wildman–Crippen LogP) is 5.27. The van der Waals surface area contributed by atoms with Gasteiger partial charge < -0.3 is 10.2 Å². The van der Waals surface area contributed by atoms with Crippen molar-refractivity contribution in [2.24, 2.45) is 5.92 Å². The second-order valence-electron chi connectivity index (χ2n) is 9.00. The molecule has 0 spiro atoms. The molecule has 2 amide bonds. The fourth-order valence-electron chi connectivity index (χ4n) is 3.96. The Morgan fingerprint density at radius 2 is 1.80 bits per heavy atom. The van der Waals surface area contributed by atoms with Crippen molar-refractivity contribution >= 4 is 34.8 Å². The molecule has 2 aromatic carbocycles. The number of hydrogen-bond donors (Lipinski definition) is 1. The Morgan fingerprint density at radius 3 is 2.40 bits per heavy atom. The van der Waals surface area contributed by atoms with Crippen molar-refractivity contribution in [2.45, 2.75) is 47.2 Å². The van der Waals surface area contributed by atoms with Gasteiger partial charge in [0.25, 0.3) is 5.91 Å². The maximum absolute atomic E-state index is 13.3. The summed E-state index contributed by atoms with van der Waals surface area (Å²) in [5.74, 6) is 0.232. The number of nitrogens with one attached hydrogen (secondary N) is 1. The number of hydrazine groups is 1. The van der Waals surface area contributed by atoms with Gasteiger partial charge in [-0.15, -0.1) is 0 Å². The van der Waals surface area contributed by atoms with E-state index >= 15 is 0 Å². The molecular formula is C27H36ClN5O2. The molecule has 0 atom stereocenters. The molecule has 0 aliphatic carbocycles. The Bertz CT molecular complexity index is 1040. The first-order chi connectivity index (χ1) is 16.3. The minimum absolute atomic E-state index is 0. The molecule has 35 heavy (non-hydrogen) atoms. The van der Waals surface area contributed by atoms with Crippen LogP contribution in [0, 0.1) is 12.5 Å². The number of likely N-dealkylation sites (N-methyl/N-ethyl adjacent to an activating group) is 1. The molecule has 0 radical (unpaired) electrons. The number of halogens is 1. The minimum Gasteiger partial charge on any atom is -0.355 e. The van der Waals surface area contributed by atoms with Crippen LogP contribution in [-0.4, -0.2) is 48.5 Å². The Hall–Kier alpha value is -3.08. The fraction of sp³-hybridized carbons (Fsp3) is 0.444. The highest BCUT2D eigenvalue weighted by molar-refractivity contribution is 6.33. The third-order valence-corrected chi connectivity index (χ3v) is 6.27. The highest BCUT2D eigenvalue weighted by Gasteiger charge is 2.27. The Balaban J connectivity index is 0.00000432. The summed E-state index contributed by atoms with van der Waals surface area (Å²) in [7, 11) is 1.75. The summed E-state index contributed by atoms with van der Waals surface area (Å²) in [4.78, 5) is 31.1. The van der Waals surface area contributed by atoms with E-state index in [4.69, 9.17) is 18.2 Å². The molecule has 2 aromatic rings. The van der Waals surface area contributed by atoms with Crippen LogP contribution in [0.3, 0.4) is 0 Å². The summed E-state index contributed by atoms with van der Waals surface area (Å²) in [6.45, 7) is 13.5. The normalized spacial score (nSPS) is 12.5. The molecule has 188 valence electrons. The first kappa shape index (κ1) is 28.2. The van der Waals surface area contributed by atoms with Gasteiger partial charge in [-0.3, -0.25) is 14.6 Å². The number of benzene rings is 2. The summed E-state index contributed by atoms with van der Waals surface area (Å²) in [5.41, 5.74) is 3.30. The zero-order valence-electron chi connectivity index (χ0n) is 20.1. The lowest BCUT2D eigenvalue weighted by Crippen LogP contribution is -2.48. The van der Waals surface area contributed by atoms with Gasteiger partial charge in [0.15, 0.2) is 5.69 Å². The van der Waals surface area contributed by atoms with Crippen molar-refractivity contribution in [3.05, 3.63) is 70.0 Å². The van der Waals surface area contributed by atoms with Crippen LogP contribution in [0.25, 0.3) is 4.85 Å². The average molecular weight is 498 g/mol. The van der Waals surface area contributed by atoms with Crippen LogP contribution in [0.1, 0.15) is 45.2 Å². The van der Waals surface area contributed by atoms with E-state index in [1.54, 1.807) is 35.2 Å². The smallest absolute Gasteiger partial charge is 0.256 e. The number of anilines is 1. The number of hydrogen-bond acceptors (Lipinski definition) is 4. The van der Waals surface area contributed by atoms with Crippen LogP contribution in [-0.2, 0) is 22.7 Å². The van der Waals surface area contributed by atoms with Gasteiger partial charge in [0.05, 0.1) is 24.7 Å². The van der Waals surface area contributed by atoms with Gasteiger partial charge >= 0.3 is 0 Å². The van der Waals surface area contributed by atoms with E-state index in [9.17, 15) is 9.59 Å². The van der Waals surface area contributed by atoms with Crippen molar-refractivity contribution < 1.29 is 9.59 Å². The number of amides is 2. The molecule has 8 heteroatoms. The molecule has 7 nitrogen and oxygen atoms in total. The third kappa shape index (κ3) is 7.71. The number of rotatable bonds is 10. The molecule has 0 saturated heterocycles. The first-order valence-electron chi connectivity index (χ1n) is 11.5. The molecule has 0 unspecified atom stereocenters. The SMILES string of the molecule is C.[C-]#[N+]c1ccc(Cl)c(N(CC(=O)NCCCC(C)C)CC(=O)N(C)N2Cc3ccccc3C2)c1. The van der Waals surface area contributed by atoms with Gasteiger partial charge in [-0.2, -0.15) is 0 Å². The van der Waals surface area contributed by atoms with Crippen molar-refractivity contribution in [3.8, 4) is 0 Å². The Morgan fingerprint density at radius 1 is 1.14 bits per heavy atom. The van der Waals surface area contributed by atoms with Gasteiger partial charge in [0.1, 0.15) is 0 Å². The zero-order valence-corrected chi connectivity index (χ0v) is 20.8. The zero-order chi connectivity index (χ0) is 24.7. The van der Waals surface area contributed by atoms with Gasteiger partial charge in [-0.05, 0) is 36.0 Å². The third-order valence-electron chi connectivity index (χ3n) is 5.95. The van der Waals surface area contributed by atoms with Crippen LogP contribution in [0.2, 0.25) is 5.02 Å². The maximum atomic E-state index is 13.3. The summed E-state index contributed by atoms with van der Waals surface area (Å²) >= 11 is 6.43. The standard InChI is InChI=1S/C26H32ClN5O2.CH4/c1-19(2)8-7-13-29-25(33)17-31(24-14-22(28-3)11-12-23(24)27)18-26(34)30(4)32-15-20-9-5-6-10-21(20)16-32;/h5-6,9-12,14,19H,7-8,13,15-18H2,1-2,4H3,(H,29,33);1H4. The summed E-state index contributed by atoms with van der Waals surface area (Å²) < 4.78 is 0.